The van der Waals surface area contributed by atoms with Gasteiger partial charge in [-0.25, -0.2) is 8.78 Å². The van der Waals surface area contributed by atoms with Crippen LogP contribution in [0.1, 0.15) is 23.1 Å². The Hall–Kier alpha value is -4.26. The highest BCUT2D eigenvalue weighted by Crippen LogP contribution is 2.43. The van der Waals surface area contributed by atoms with Crippen LogP contribution < -0.4 is 4.90 Å². The number of hydrogen-bond acceptors (Lipinski definition) is 4. The number of benzene rings is 3. The lowest BCUT2D eigenvalue weighted by atomic mass is 9.96. The Morgan fingerprint density at radius 2 is 1.70 bits per heavy atom. The molecule has 4 aromatic rings. The first-order valence-corrected chi connectivity index (χ1v) is 10.2. The third kappa shape index (κ3) is 3.29. The quantitative estimate of drug-likeness (QED) is 0.252. The zero-order chi connectivity index (χ0) is 23.3. The van der Waals surface area contributed by atoms with Crippen molar-refractivity contribution in [3.8, 4) is 0 Å². The minimum absolute atomic E-state index is 0.0352. The van der Waals surface area contributed by atoms with Gasteiger partial charge in [0, 0.05) is 17.3 Å². The van der Waals surface area contributed by atoms with E-state index in [9.17, 15) is 23.5 Å². The molecule has 0 aliphatic carbocycles. The van der Waals surface area contributed by atoms with Crippen LogP contribution in [0.5, 0.6) is 0 Å². The summed E-state index contributed by atoms with van der Waals surface area (Å²) in [6.45, 7) is 1.69. The molecule has 0 saturated carbocycles. The van der Waals surface area contributed by atoms with Crippen molar-refractivity contribution in [1.82, 2.24) is 0 Å². The maximum absolute atomic E-state index is 14.0. The molecule has 5 rings (SSSR count). The Kier molecular flexibility index (Phi) is 4.82. The third-order valence-corrected chi connectivity index (χ3v) is 5.70. The van der Waals surface area contributed by atoms with Crippen LogP contribution in [0.25, 0.3) is 16.5 Å². The number of anilines is 1. The first kappa shape index (κ1) is 20.6. The second-order valence-electron chi connectivity index (χ2n) is 7.74. The normalized spacial score (nSPS) is 17.8. The summed E-state index contributed by atoms with van der Waals surface area (Å²) >= 11 is 0. The number of rotatable bonds is 3. The van der Waals surface area contributed by atoms with Gasteiger partial charge in [-0.1, -0.05) is 42.5 Å². The smallest absolute Gasteiger partial charge is 0.300 e. The molecule has 164 valence electrons. The predicted octanol–water partition coefficient (Wildman–Crippen LogP) is 5.65. The van der Waals surface area contributed by atoms with E-state index in [1.165, 1.54) is 6.07 Å². The summed E-state index contributed by atoms with van der Waals surface area (Å²) in [6, 6.07) is 17.5. The Labute approximate surface area is 187 Å². The van der Waals surface area contributed by atoms with Gasteiger partial charge in [0.1, 0.15) is 23.3 Å². The zero-order valence-corrected chi connectivity index (χ0v) is 17.4. The van der Waals surface area contributed by atoms with E-state index in [1.54, 1.807) is 43.3 Å². The molecule has 0 bridgehead atoms. The van der Waals surface area contributed by atoms with Gasteiger partial charge < -0.3 is 9.52 Å². The van der Waals surface area contributed by atoms with Crippen LogP contribution in [0.3, 0.4) is 0 Å². The molecule has 33 heavy (non-hydrogen) atoms. The van der Waals surface area contributed by atoms with E-state index in [-0.39, 0.29) is 22.8 Å². The first-order valence-electron chi connectivity index (χ1n) is 10.2. The second kappa shape index (κ2) is 7.70. The van der Waals surface area contributed by atoms with E-state index in [0.717, 1.165) is 22.4 Å². The number of carbonyl (C=O) groups excluding carboxylic acids is 2. The number of aliphatic hydroxyl groups excluding tert-OH is 1. The first-order chi connectivity index (χ1) is 15.9. The molecular formula is C26H17F2NO4. The fraction of sp³-hybridized carbons (Fsp3) is 0.0769. The molecule has 1 amide bonds. The largest absolute Gasteiger partial charge is 0.507 e. The van der Waals surface area contributed by atoms with Gasteiger partial charge in [-0.05, 0) is 42.0 Å². The summed E-state index contributed by atoms with van der Waals surface area (Å²) in [7, 11) is 0. The van der Waals surface area contributed by atoms with Crippen LogP contribution in [0.2, 0.25) is 0 Å². The number of ketones is 1. The molecule has 1 aliphatic heterocycles. The van der Waals surface area contributed by atoms with Crippen molar-refractivity contribution in [1.29, 1.82) is 0 Å². The number of Topliss-reactive ketones (excluding diaryl/α,β-unsaturated/α-hetero) is 1. The maximum Gasteiger partial charge on any atom is 0.300 e. The SMILES string of the molecule is Cc1ccc(C2/C(=C(/O)c3cccc4ccccc34)C(=O)C(=O)N2c2ccc(F)c(F)c2)o1. The maximum atomic E-state index is 14.0. The van der Waals surface area contributed by atoms with Crippen molar-refractivity contribution in [3.05, 3.63) is 107 Å². The summed E-state index contributed by atoms with van der Waals surface area (Å²) in [5, 5.41) is 12.8. The minimum Gasteiger partial charge on any atom is -0.507 e. The van der Waals surface area contributed by atoms with Crippen molar-refractivity contribution in [3.63, 3.8) is 0 Å². The minimum atomic E-state index is -1.17. The summed E-state index contributed by atoms with van der Waals surface area (Å²) < 4.78 is 33.3. The average molecular weight is 445 g/mol. The van der Waals surface area contributed by atoms with E-state index >= 15 is 0 Å². The number of carbonyl (C=O) groups is 2. The number of halogens is 2. The van der Waals surface area contributed by atoms with Gasteiger partial charge in [0.25, 0.3) is 11.7 Å². The summed E-state index contributed by atoms with van der Waals surface area (Å²) in [6.07, 6.45) is 0. The topological polar surface area (TPSA) is 70.8 Å². The van der Waals surface area contributed by atoms with E-state index in [0.29, 0.717) is 16.7 Å². The number of hydrogen-bond donors (Lipinski definition) is 1. The number of amides is 1. The van der Waals surface area contributed by atoms with Crippen molar-refractivity contribution < 1.29 is 27.9 Å². The van der Waals surface area contributed by atoms with Crippen LogP contribution in [0, 0.1) is 18.6 Å². The summed E-state index contributed by atoms with van der Waals surface area (Å²) in [5.74, 6) is -3.85. The second-order valence-corrected chi connectivity index (χ2v) is 7.74. The number of aryl methyl sites for hydroxylation is 1. The standard InChI is InChI=1S/C26H17F2NO4/c1-14-9-12-21(33-14)23-22(24(30)18-8-4-6-15-5-2-3-7-17(15)18)25(31)26(32)29(23)16-10-11-19(27)20(28)13-16/h2-13,23,30H,1H3/b24-22-. The van der Waals surface area contributed by atoms with Crippen LogP contribution in [0.4, 0.5) is 14.5 Å². The summed E-state index contributed by atoms with van der Waals surface area (Å²) in [5.41, 5.74) is 0.132. The molecule has 7 heteroatoms. The van der Waals surface area contributed by atoms with Gasteiger partial charge in [0.05, 0.1) is 5.57 Å². The monoisotopic (exact) mass is 445 g/mol. The molecule has 1 aliphatic rings. The number of aliphatic hydroxyl groups is 1. The van der Waals surface area contributed by atoms with Crippen LogP contribution in [0.15, 0.2) is 82.8 Å². The van der Waals surface area contributed by atoms with Gasteiger partial charge in [-0.3, -0.25) is 14.5 Å². The third-order valence-electron chi connectivity index (χ3n) is 5.70. The molecule has 1 fully saturated rings. The van der Waals surface area contributed by atoms with Crippen LogP contribution >= 0.6 is 0 Å². The van der Waals surface area contributed by atoms with Gasteiger partial charge in [-0.2, -0.15) is 0 Å². The predicted molar refractivity (Wildman–Crippen MR) is 119 cm³/mol. The van der Waals surface area contributed by atoms with E-state index < -0.39 is 29.4 Å². The lowest BCUT2D eigenvalue weighted by molar-refractivity contribution is -0.132. The van der Waals surface area contributed by atoms with Gasteiger partial charge in [0.2, 0.25) is 0 Å². The fourth-order valence-corrected chi connectivity index (χ4v) is 4.18. The van der Waals surface area contributed by atoms with E-state index in [2.05, 4.69) is 0 Å². The van der Waals surface area contributed by atoms with Crippen molar-refractivity contribution >= 4 is 33.9 Å². The molecule has 1 aromatic heterocycles. The highest BCUT2D eigenvalue weighted by molar-refractivity contribution is 6.51. The molecule has 1 N–H and O–H groups in total. The number of furan rings is 1. The Bertz CT molecular complexity index is 1460. The van der Waals surface area contributed by atoms with Crippen molar-refractivity contribution in [2.45, 2.75) is 13.0 Å². The molecular weight excluding hydrogens is 428 g/mol. The molecule has 1 saturated heterocycles. The highest BCUT2D eigenvalue weighted by Gasteiger charge is 2.48. The number of nitrogens with zero attached hydrogens (tertiary/aromatic N) is 1. The molecule has 0 spiro atoms. The molecule has 1 unspecified atom stereocenters. The van der Waals surface area contributed by atoms with Crippen molar-refractivity contribution in [2.75, 3.05) is 4.90 Å². The lowest BCUT2D eigenvalue weighted by Crippen LogP contribution is -2.29. The lowest BCUT2D eigenvalue weighted by Gasteiger charge is -2.23. The van der Waals surface area contributed by atoms with E-state index in [4.69, 9.17) is 4.42 Å². The Balaban J connectivity index is 1.77. The fourth-order valence-electron chi connectivity index (χ4n) is 4.18. The number of fused-ring (bicyclic) bond motifs is 1. The van der Waals surface area contributed by atoms with Crippen LogP contribution in [-0.4, -0.2) is 16.8 Å². The molecule has 5 nitrogen and oxygen atoms in total. The Morgan fingerprint density at radius 3 is 2.42 bits per heavy atom. The molecule has 2 heterocycles. The van der Waals surface area contributed by atoms with Crippen molar-refractivity contribution in [2.24, 2.45) is 0 Å². The van der Waals surface area contributed by atoms with Gasteiger partial charge >= 0.3 is 0 Å². The van der Waals surface area contributed by atoms with Gasteiger partial charge in [0.15, 0.2) is 11.6 Å². The van der Waals surface area contributed by atoms with Gasteiger partial charge in [-0.15, -0.1) is 0 Å². The summed E-state index contributed by atoms with van der Waals surface area (Å²) in [4.78, 5) is 27.3. The highest BCUT2D eigenvalue weighted by atomic mass is 19.2. The Morgan fingerprint density at radius 1 is 0.939 bits per heavy atom. The zero-order valence-electron chi connectivity index (χ0n) is 17.4. The average Bonchev–Trinajstić information content (AvgIpc) is 3.35. The van der Waals surface area contributed by atoms with Crippen LogP contribution in [-0.2, 0) is 9.59 Å². The molecule has 0 radical (unpaired) electrons. The van der Waals surface area contributed by atoms with E-state index in [1.807, 2.05) is 18.2 Å². The molecule has 1 atom stereocenters. The molecule has 3 aromatic carbocycles.